The maximum atomic E-state index is 12.9. The molecule has 0 atom stereocenters. The first kappa shape index (κ1) is 17.9. The Kier molecular flexibility index (Phi) is 4.69. The Balaban J connectivity index is 1.80. The highest BCUT2D eigenvalue weighted by Crippen LogP contribution is 2.36. The molecule has 0 radical (unpaired) electrons. The van der Waals surface area contributed by atoms with Crippen LogP contribution in [0, 0.1) is 6.92 Å². The summed E-state index contributed by atoms with van der Waals surface area (Å²) >= 11 is 5.56. The van der Waals surface area contributed by atoms with E-state index in [1.165, 1.54) is 17.1 Å². The van der Waals surface area contributed by atoms with E-state index < -0.39 is 22.7 Å². The number of alkyl halides is 3. The number of hydrogen-bond acceptors (Lipinski definition) is 3. The van der Waals surface area contributed by atoms with Crippen LogP contribution in [0.15, 0.2) is 48.8 Å². The minimum absolute atomic E-state index is 0.0570. The maximum Gasteiger partial charge on any atom is 0.417 e. The molecule has 2 aromatic carbocycles. The second-order valence-electron chi connectivity index (χ2n) is 5.49. The molecule has 5 nitrogen and oxygen atoms in total. The molecule has 1 amide bonds. The number of benzene rings is 2. The first-order valence-corrected chi connectivity index (χ1v) is 7.78. The van der Waals surface area contributed by atoms with Crippen molar-refractivity contribution in [2.24, 2.45) is 0 Å². The monoisotopic (exact) mass is 380 g/mol. The minimum atomic E-state index is -4.62. The Morgan fingerprint density at radius 3 is 2.50 bits per heavy atom. The van der Waals surface area contributed by atoms with E-state index in [9.17, 15) is 18.0 Å². The quantitative estimate of drug-likeness (QED) is 0.727. The van der Waals surface area contributed by atoms with Crippen molar-refractivity contribution in [2.75, 3.05) is 5.32 Å². The predicted molar refractivity (Wildman–Crippen MR) is 90.5 cm³/mol. The highest BCUT2D eigenvalue weighted by Gasteiger charge is 2.33. The SMILES string of the molecule is Cc1ccc(-n2cnc(C(=O)Nc3ccc(Cl)c(C(F)(F)F)c3)n2)cc1. The molecular weight excluding hydrogens is 369 g/mol. The van der Waals surface area contributed by atoms with Gasteiger partial charge in [0.1, 0.15) is 6.33 Å². The molecular formula is C17H12ClF3N4O. The lowest BCUT2D eigenvalue weighted by atomic mass is 10.2. The van der Waals surface area contributed by atoms with Crippen molar-refractivity contribution in [1.29, 1.82) is 0 Å². The van der Waals surface area contributed by atoms with Crippen LogP contribution in [0.5, 0.6) is 0 Å². The average Bonchev–Trinajstić information content (AvgIpc) is 3.06. The Hall–Kier alpha value is -2.87. The molecule has 3 aromatic rings. The number of hydrogen-bond donors (Lipinski definition) is 1. The lowest BCUT2D eigenvalue weighted by Crippen LogP contribution is -2.15. The van der Waals surface area contributed by atoms with Crippen molar-refractivity contribution >= 4 is 23.2 Å². The lowest BCUT2D eigenvalue weighted by Gasteiger charge is -2.11. The van der Waals surface area contributed by atoms with Crippen LogP contribution in [0.3, 0.4) is 0 Å². The number of amides is 1. The molecule has 1 N–H and O–H groups in total. The van der Waals surface area contributed by atoms with Crippen LogP contribution < -0.4 is 5.32 Å². The second kappa shape index (κ2) is 6.80. The molecule has 1 heterocycles. The fourth-order valence-corrected chi connectivity index (χ4v) is 2.42. The molecule has 9 heteroatoms. The van der Waals surface area contributed by atoms with Crippen LogP contribution in [0.4, 0.5) is 18.9 Å². The van der Waals surface area contributed by atoms with Crippen LogP contribution in [-0.4, -0.2) is 20.7 Å². The Labute approximate surface area is 151 Å². The van der Waals surface area contributed by atoms with Crippen molar-refractivity contribution < 1.29 is 18.0 Å². The summed E-state index contributed by atoms with van der Waals surface area (Å²) in [6.45, 7) is 1.94. The van der Waals surface area contributed by atoms with Crippen molar-refractivity contribution in [3.8, 4) is 5.69 Å². The number of aromatic nitrogens is 3. The molecule has 134 valence electrons. The van der Waals surface area contributed by atoms with Gasteiger partial charge in [-0.25, -0.2) is 9.67 Å². The number of anilines is 1. The first-order valence-electron chi connectivity index (χ1n) is 7.41. The van der Waals surface area contributed by atoms with Crippen molar-refractivity contribution in [2.45, 2.75) is 13.1 Å². The summed E-state index contributed by atoms with van der Waals surface area (Å²) in [6.07, 6.45) is -3.27. The van der Waals surface area contributed by atoms with Gasteiger partial charge in [-0.1, -0.05) is 29.3 Å². The van der Waals surface area contributed by atoms with E-state index >= 15 is 0 Å². The van der Waals surface area contributed by atoms with Crippen LogP contribution in [-0.2, 0) is 6.18 Å². The molecule has 0 unspecified atom stereocenters. The van der Waals surface area contributed by atoms with Crippen LogP contribution in [0.1, 0.15) is 21.7 Å². The normalized spacial score (nSPS) is 11.4. The summed E-state index contributed by atoms with van der Waals surface area (Å²) in [5.41, 5.74) is 0.677. The zero-order chi connectivity index (χ0) is 18.9. The molecule has 1 aromatic heterocycles. The van der Waals surface area contributed by atoms with Gasteiger partial charge in [0.05, 0.1) is 16.3 Å². The third-order valence-corrected chi connectivity index (χ3v) is 3.85. The molecule has 0 bridgehead atoms. The van der Waals surface area contributed by atoms with Gasteiger partial charge in [-0.2, -0.15) is 13.2 Å². The zero-order valence-corrected chi connectivity index (χ0v) is 14.1. The third-order valence-electron chi connectivity index (χ3n) is 3.52. The smallest absolute Gasteiger partial charge is 0.319 e. The van der Waals surface area contributed by atoms with E-state index in [1.54, 1.807) is 12.1 Å². The number of carbonyl (C=O) groups excluding carboxylic acids is 1. The summed E-state index contributed by atoms with van der Waals surface area (Å²) in [5.74, 6) is -0.902. The standard InChI is InChI=1S/C17H12ClF3N4O/c1-10-2-5-12(6-3-10)25-9-22-15(24-25)16(26)23-11-4-7-14(18)13(8-11)17(19,20)21/h2-9H,1H3,(H,23,26). The maximum absolute atomic E-state index is 12.9. The van der Waals surface area contributed by atoms with Crippen LogP contribution >= 0.6 is 11.6 Å². The van der Waals surface area contributed by atoms with Crippen molar-refractivity contribution in [3.63, 3.8) is 0 Å². The first-order chi connectivity index (χ1) is 12.2. The van der Waals surface area contributed by atoms with Gasteiger partial charge in [0.15, 0.2) is 0 Å². The van der Waals surface area contributed by atoms with Crippen molar-refractivity contribution in [1.82, 2.24) is 14.8 Å². The third kappa shape index (κ3) is 3.85. The largest absolute Gasteiger partial charge is 0.417 e. The van der Waals surface area contributed by atoms with Gasteiger partial charge in [0.25, 0.3) is 5.91 Å². The van der Waals surface area contributed by atoms with E-state index in [1.807, 2.05) is 19.1 Å². The van der Waals surface area contributed by atoms with E-state index in [0.29, 0.717) is 5.69 Å². The zero-order valence-electron chi connectivity index (χ0n) is 13.4. The molecule has 0 fully saturated rings. The van der Waals surface area contributed by atoms with Gasteiger partial charge in [0.2, 0.25) is 5.82 Å². The number of nitrogens with one attached hydrogen (secondary N) is 1. The fourth-order valence-electron chi connectivity index (χ4n) is 2.20. The molecule has 0 aliphatic heterocycles. The highest BCUT2D eigenvalue weighted by atomic mass is 35.5. The van der Waals surface area contributed by atoms with Gasteiger partial charge in [-0.3, -0.25) is 4.79 Å². The number of nitrogens with zero attached hydrogens (tertiary/aromatic N) is 3. The molecule has 26 heavy (non-hydrogen) atoms. The van der Waals surface area contributed by atoms with E-state index in [2.05, 4.69) is 15.4 Å². The van der Waals surface area contributed by atoms with E-state index in [-0.39, 0.29) is 11.5 Å². The topological polar surface area (TPSA) is 59.8 Å². The Bertz CT molecular complexity index is 951. The van der Waals surface area contributed by atoms with Crippen molar-refractivity contribution in [3.05, 3.63) is 70.8 Å². The fraction of sp³-hybridized carbons (Fsp3) is 0.118. The van der Waals surface area contributed by atoms with Gasteiger partial charge in [-0.05, 0) is 37.3 Å². The van der Waals surface area contributed by atoms with Gasteiger partial charge < -0.3 is 5.32 Å². The molecule has 0 spiro atoms. The molecule has 0 aliphatic carbocycles. The molecule has 0 saturated heterocycles. The average molecular weight is 381 g/mol. The summed E-state index contributed by atoms with van der Waals surface area (Å²) in [7, 11) is 0. The Morgan fingerprint density at radius 1 is 1.15 bits per heavy atom. The predicted octanol–water partition coefficient (Wildman–Crippen LogP) is 4.50. The molecule has 0 aliphatic rings. The van der Waals surface area contributed by atoms with Crippen LogP contribution in [0.2, 0.25) is 5.02 Å². The molecule has 3 rings (SSSR count). The summed E-state index contributed by atoms with van der Waals surface area (Å²) < 4.78 is 40.1. The second-order valence-corrected chi connectivity index (χ2v) is 5.90. The van der Waals surface area contributed by atoms with Gasteiger partial charge in [0, 0.05) is 5.69 Å². The lowest BCUT2D eigenvalue weighted by molar-refractivity contribution is -0.137. The van der Waals surface area contributed by atoms with Crippen LogP contribution in [0.25, 0.3) is 5.69 Å². The Morgan fingerprint density at radius 2 is 1.85 bits per heavy atom. The number of aryl methyl sites for hydroxylation is 1. The number of halogens is 4. The summed E-state index contributed by atoms with van der Waals surface area (Å²) in [5, 5.41) is 5.93. The molecule has 0 saturated carbocycles. The number of rotatable bonds is 3. The van der Waals surface area contributed by atoms with Gasteiger partial charge in [-0.15, -0.1) is 5.10 Å². The summed E-state index contributed by atoms with van der Waals surface area (Å²) in [6, 6.07) is 10.5. The van der Waals surface area contributed by atoms with Gasteiger partial charge >= 0.3 is 6.18 Å². The summed E-state index contributed by atoms with van der Waals surface area (Å²) in [4.78, 5) is 16.1. The van der Waals surface area contributed by atoms with E-state index in [4.69, 9.17) is 11.6 Å². The number of carbonyl (C=O) groups is 1. The minimum Gasteiger partial charge on any atom is -0.319 e. The highest BCUT2D eigenvalue weighted by molar-refractivity contribution is 6.31. The van der Waals surface area contributed by atoms with E-state index in [0.717, 1.165) is 17.7 Å².